The highest BCUT2D eigenvalue weighted by Crippen LogP contribution is 2.26. The van der Waals surface area contributed by atoms with E-state index in [0.29, 0.717) is 21.9 Å². The first kappa shape index (κ1) is 13.8. The highest BCUT2D eigenvalue weighted by molar-refractivity contribution is 6.32. The van der Waals surface area contributed by atoms with Crippen LogP contribution in [0.4, 0.5) is 4.39 Å². The van der Waals surface area contributed by atoms with Crippen molar-refractivity contribution in [3.8, 4) is 5.75 Å². The number of rotatable bonds is 4. The quantitative estimate of drug-likeness (QED) is 0.923. The van der Waals surface area contributed by atoms with Crippen molar-refractivity contribution in [1.82, 2.24) is 0 Å². The van der Waals surface area contributed by atoms with E-state index in [1.54, 1.807) is 24.3 Å². The zero-order valence-corrected chi connectivity index (χ0v) is 11.4. The molecule has 0 bridgehead atoms. The first-order valence-electron chi connectivity index (χ1n) is 5.97. The van der Waals surface area contributed by atoms with Crippen molar-refractivity contribution in [2.75, 3.05) is 0 Å². The van der Waals surface area contributed by atoms with Crippen LogP contribution in [0.5, 0.6) is 5.75 Å². The third kappa shape index (κ3) is 3.25. The van der Waals surface area contributed by atoms with E-state index in [0.717, 1.165) is 5.56 Å². The highest BCUT2D eigenvalue weighted by atomic mass is 35.5. The van der Waals surface area contributed by atoms with Gasteiger partial charge in [0.2, 0.25) is 0 Å². The minimum atomic E-state index is -0.311. The van der Waals surface area contributed by atoms with Gasteiger partial charge >= 0.3 is 0 Å². The summed E-state index contributed by atoms with van der Waals surface area (Å²) in [6.45, 7) is 2.24. The van der Waals surface area contributed by atoms with Gasteiger partial charge in [-0.3, -0.25) is 0 Å². The average Bonchev–Trinajstić information content (AvgIpc) is 2.41. The summed E-state index contributed by atoms with van der Waals surface area (Å²) in [6, 6.07) is 10.6. The molecule has 2 N–H and O–H groups in total. The second-order valence-electron chi connectivity index (χ2n) is 4.32. The molecule has 0 aliphatic rings. The summed E-state index contributed by atoms with van der Waals surface area (Å²) in [5, 5.41) is 0.515. The van der Waals surface area contributed by atoms with Crippen LogP contribution in [0.2, 0.25) is 5.02 Å². The Bertz CT molecular complexity index is 586. The molecule has 0 aliphatic carbocycles. The summed E-state index contributed by atoms with van der Waals surface area (Å²) in [5.74, 6) is 0.244. The van der Waals surface area contributed by atoms with E-state index in [1.807, 2.05) is 19.1 Å². The summed E-state index contributed by atoms with van der Waals surface area (Å²) in [5.41, 5.74) is 7.46. The van der Waals surface area contributed by atoms with E-state index in [1.165, 1.54) is 0 Å². The Morgan fingerprint density at radius 1 is 1.21 bits per heavy atom. The Labute approximate surface area is 117 Å². The number of hydrogen-bond acceptors (Lipinski definition) is 2. The van der Waals surface area contributed by atoms with Crippen molar-refractivity contribution in [2.24, 2.45) is 5.73 Å². The molecule has 0 amide bonds. The summed E-state index contributed by atoms with van der Waals surface area (Å²) in [7, 11) is 0. The number of aryl methyl sites for hydroxylation is 1. The third-order valence-electron chi connectivity index (χ3n) is 2.85. The van der Waals surface area contributed by atoms with Crippen molar-refractivity contribution in [3.05, 3.63) is 63.9 Å². The molecule has 2 rings (SSSR count). The van der Waals surface area contributed by atoms with Gasteiger partial charge in [-0.2, -0.15) is 0 Å². The fourth-order valence-electron chi connectivity index (χ4n) is 1.78. The van der Waals surface area contributed by atoms with Gasteiger partial charge in [-0.25, -0.2) is 4.39 Å². The van der Waals surface area contributed by atoms with Crippen LogP contribution in [0.3, 0.4) is 0 Å². The largest absolute Gasteiger partial charge is 0.487 e. The normalized spacial score (nSPS) is 10.5. The Hall–Kier alpha value is -1.58. The van der Waals surface area contributed by atoms with Crippen molar-refractivity contribution in [1.29, 1.82) is 0 Å². The van der Waals surface area contributed by atoms with Crippen molar-refractivity contribution >= 4 is 11.6 Å². The lowest BCUT2D eigenvalue weighted by atomic mass is 10.1. The molecule has 2 nitrogen and oxygen atoms in total. The minimum Gasteiger partial charge on any atom is -0.487 e. The van der Waals surface area contributed by atoms with E-state index >= 15 is 0 Å². The monoisotopic (exact) mass is 279 g/mol. The van der Waals surface area contributed by atoms with Crippen LogP contribution in [0.1, 0.15) is 16.7 Å². The number of ether oxygens (including phenoxy) is 1. The lowest BCUT2D eigenvalue weighted by Gasteiger charge is -2.11. The van der Waals surface area contributed by atoms with Crippen LogP contribution < -0.4 is 10.5 Å². The molecule has 100 valence electrons. The lowest BCUT2D eigenvalue weighted by molar-refractivity contribution is 0.299. The maximum Gasteiger partial charge on any atom is 0.138 e. The van der Waals surface area contributed by atoms with Crippen LogP contribution in [0.25, 0.3) is 0 Å². The summed E-state index contributed by atoms with van der Waals surface area (Å²) < 4.78 is 19.5. The Morgan fingerprint density at radius 2 is 1.95 bits per heavy atom. The van der Waals surface area contributed by atoms with Crippen LogP contribution in [-0.4, -0.2) is 0 Å². The van der Waals surface area contributed by atoms with Crippen molar-refractivity contribution in [3.63, 3.8) is 0 Å². The topological polar surface area (TPSA) is 35.2 Å². The highest BCUT2D eigenvalue weighted by Gasteiger charge is 2.08. The summed E-state index contributed by atoms with van der Waals surface area (Å²) >= 11 is 6.02. The molecule has 2 aromatic carbocycles. The van der Waals surface area contributed by atoms with Gasteiger partial charge in [0.05, 0.1) is 5.02 Å². The fourth-order valence-corrected chi connectivity index (χ4v) is 1.95. The summed E-state index contributed by atoms with van der Waals surface area (Å²) in [6.07, 6.45) is 0. The molecule has 0 atom stereocenters. The molecule has 0 fully saturated rings. The molecule has 0 radical (unpaired) electrons. The fraction of sp³-hybridized carbons (Fsp3) is 0.200. The second-order valence-corrected chi connectivity index (χ2v) is 4.72. The number of halogens is 2. The van der Waals surface area contributed by atoms with E-state index < -0.39 is 0 Å². The Balaban J connectivity index is 2.17. The van der Waals surface area contributed by atoms with Gasteiger partial charge in [0.1, 0.15) is 18.2 Å². The zero-order chi connectivity index (χ0) is 13.8. The SMILES string of the molecule is Cc1ccc(Cl)c(OCc2cccc(CN)c2F)c1. The van der Waals surface area contributed by atoms with E-state index in [9.17, 15) is 4.39 Å². The predicted molar refractivity (Wildman–Crippen MR) is 74.8 cm³/mol. The maximum atomic E-state index is 14.0. The summed E-state index contributed by atoms with van der Waals surface area (Å²) in [4.78, 5) is 0. The second kappa shape index (κ2) is 6.04. The molecule has 0 spiro atoms. The molecule has 0 saturated heterocycles. The van der Waals surface area contributed by atoms with Gasteiger partial charge in [-0.1, -0.05) is 35.9 Å². The van der Waals surface area contributed by atoms with Gasteiger partial charge in [-0.15, -0.1) is 0 Å². The minimum absolute atomic E-state index is 0.128. The van der Waals surface area contributed by atoms with Crippen LogP contribution in [-0.2, 0) is 13.2 Å². The Kier molecular flexibility index (Phi) is 4.40. The van der Waals surface area contributed by atoms with E-state index in [2.05, 4.69) is 0 Å². The molecule has 19 heavy (non-hydrogen) atoms. The number of benzene rings is 2. The van der Waals surface area contributed by atoms with Crippen molar-refractivity contribution in [2.45, 2.75) is 20.1 Å². The maximum absolute atomic E-state index is 14.0. The third-order valence-corrected chi connectivity index (χ3v) is 3.16. The molecular formula is C15H15ClFNO. The van der Waals surface area contributed by atoms with Gasteiger partial charge in [-0.05, 0) is 24.6 Å². The first-order valence-corrected chi connectivity index (χ1v) is 6.35. The predicted octanol–water partition coefficient (Wildman–Crippen LogP) is 3.83. The van der Waals surface area contributed by atoms with Gasteiger partial charge in [0, 0.05) is 17.7 Å². The van der Waals surface area contributed by atoms with Crippen LogP contribution in [0, 0.1) is 12.7 Å². The molecule has 4 heteroatoms. The lowest BCUT2D eigenvalue weighted by Crippen LogP contribution is -2.05. The number of hydrogen-bond donors (Lipinski definition) is 1. The van der Waals surface area contributed by atoms with E-state index in [4.69, 9.17) is 22.1 Å². The van der Waals surface area contributed by atoms with Crippen LogP contribution in [0.15, 0.2) is 36.4 Å². The molecule has 0 heterocycles. The molecule has 0 unspecified atom stereocenters. The van der Waals surface area contributed by atoms with Gasteiger partial charge in [0.15, 0.2) is 0 Å². The number of nitrogens with two attached hydrogens (primary N) is 1. The standard InChI is InChI=1S/C15H15ClFNO/c1-10-5-6-13(16)14(7-10)19-9-12-4-2-3-11(8-18)15(12)17/h2-7H,8-9,18H2,1H3. The Morgan fingerprint density at radius 3 is 2.68 bits per heavy atom. The zero-order valence-electron chi connectivity index (χ0n) is 10.6. The average molecular weight is 280 g/mol. The molecule has 0 aliphatic heterocycles. The van der Waals surface area contributed by atoms with Crippen molar-refractivity contribution < 1.29 is 9.13 Å². The van der Waals surface area contributed by atoms with Gasteiger partial charge < -0.3 is 10.5 Å². The van der Waals surface area contributed by atoms with E-state index in [-0.39, 0.29) is 19.0 Å². The van der Waals surface area contributed by atoms with Gasteiger partial charge in [0.25, 0.3) is 0 Å². The molecule has 2 aromatic rings. The smallest absolute Gasteiger partial charge is 0.138 e. The first-order chi connectivity index (χ1) is 9.11. The molecular weight excluding hydrogens is 265 g/mol. The van der Waals surface area contributed by atoms with Crippen LogP contribution >= 0.6 is 11.6 Å². The molecule has 0 aromatic heterocycles. The molecule has 0 saturated carbocycles.